The van der Waals surface area contributed by atoms with E-state index in [1.165, 1.54) is 18.6 Å². The fourth-order valence-electron chi connectivity index (χ4n) is 1.18. The fourth-order valence-corrected chi connectivity index (χ4v) is 1.62. The number of hydrogen-bond donors (Lipinski definition) is 2. The molecule has 0 atom stereocenters. The molecule has 1 heterocycles. The van der Waals surface area contributed by atoms with Crippen molar-refractivity contribution in [3.63, 3.8) is 0 Å². The van der Waals surface area contributed by atoms with E-state index in [0.29, 0.717) is 21.7 Å². The highest BCUT2D eigenvalue weighted by Gasteiger charge is 2.08. The quantitative estimate of drug-likeness (QED) is 0.889. The molecule has 0 saturated carbocycles. The summed E-state index contributed by atoms with van der Waals surface area (Å²) in [5, 5.41) is 2.81. The Morgan fingerprint density at radius 2 is 2.19 bits per heavy atom. The highest BCUT2D eigenvalue weighted by Crippen LogP contribution is 2.29. The zero-order valence-corrected chi connectivity index (χ0v) is 9.70. The number of nitrogens with one attached hydrogen (secondary N) is 1. The van der Waals surface area contributed by atoms with E-state index in [2.05, 4.69) is 31.2 Å². The number of halogens is 2. The third kappa shape index (κ3) is 2.11. The summed E-state index contributed by atoms with van der Waals surface area (Å²) in [7, 11) is 0. The summed E-state index contributed by atoms with van der Waals surface area (Å²) in [5.41, 5.74) is 6.30. The number of hydrogen-bond acceptors (Lipinski definition) is 4. The van der Waals surface area contributed by atoms with Crippen molar-refractivity contribution in [3.8, 4) is 0 Å². The van der Waals surface area contributed by atoms with Crippen LogP contribution in [0.3, 0.4) is 0 Å². The Bertz CT molecular complexity index is 498. The molecular weight excluding hydrogens is 275 g/mol. The number of nitrogens with two attached hydrogens (primary N) is 1. The van der Waals surface area contributed by atoms with Crippen LogP contribution in [0.5, 0.6) is 0 Å². The van der Waals surface area contributed by atoms with E-state index in [4.69, 9.17) is 5.73 Å². The molecule has 1 aromatic heterocycles. The van der Waals surface area contributed by atoms with Gasteiger partial charge in [-0.15, -0.1) is 0 Å². The topological polar surface area (TPSA) is 63.8 Å². The highest BCUT2D eigenvalue weighted by atomic mass is 79.9. The molecule has 4 nitrogen and oxygen atoms in total. The van der Waals surface area contributed by atoms with Crippen LogP contribution in [0.1, 0.15) is 0 Å². The Morgan fingerprint density at radius 1 is 1.38 bits per heavy atom. The first-order valence-electron chi connectivity index (χ1n) is 4.45. The van der Waals surface area contributed by atoms with Crippen LogP contribution in [0.15, 0.2) is 35.2 Å². The van der Waals surface area contributed by atoms with Gasteiger partial charge in [-0.05, 0) is 28.1 Å². The van der Waals surface area contributed by atoms with Gasteiger partial charge in [0.15, 0.2) is 5.82 Å². The van der Waals surface area contributed by atoms with Crippen LogP contribution in [0.4, 0.5) is 21.6 Å². The van der Waals surface area contributed by atoms with Crippen molar-refractivity contribution < 1.29 is 4.39 Å². The van der Waals surface area contributed by atoms with Crippen molar-refractivity contribution in [3.05, 3.63) is 41.0 Å². The van der Waals surface area contributed by atoms with Crippen molar-refractivity contribution in [1.29, 1.82) is 0 Å². The van der Waals surface area contributed by atoms with Crippen molar-refractivity contribution >= 4 is 33.1 Å². The molecule has 6 heteroatoms. The van der Waals surface area contributed by atoms with Gasteiger partial charge in [0.05, 0.1) is 17.6 Å². The monoisotopic (exact) mass is 282 g/mol. The van der Waals surface area contributed by atoms with Crippen LogP contribution in [0.25, 0.3) is 0 Å². The second-order valence-corrected chi connectivity index (χ2v) is 3.90. The van der Waals surface area contributed by atoms with E-state index in [-0.39, 0.29) is 5.82 Å². The van der Waals surface area contributed by atoms with E-state index in [1.54, 1.807) is 12.1 Å². The largest absolute Gasteiger partial charge is 0.394 e. The Morgan fingerprint density at radius 3 is 2.88 bits per heavy atom. The molecule has 2 rings (SSSR count). The number of benzene rings is 1. The van der Waals surface area contributed by atoms with Crippen molar-refractivity contribution in [2.45, 2.75) is 0 Å². The molecule has 0 radical (unpaired) electrons. The maximum atomic E-state index is 13.5. The van der Waals surface area contributed by atoms with Crippen LogP contribution < -0.4 is 11.1 Å². The molecule has 0 unspecified atom stereocenters. The van der Waals surface area contributed by atoms with E-state index >= 15 is 0 Å². The molecule has 0 fully saturated rings. The maximum Gasteiger partial charge on any atom is 0.157 e. The zero-order chi connectivity index (χ0) is 11.5. The first kappa shape index (κ1) is 10.8. The molecule has 0 aliphatic rings. The maximum absolute atomic E-state index is 13.5. The summed E-state index contributed by atoms with van der Waals surface area (Å²) in [6.07, 6.45) is 2.79. The Labute approximate surface area is 99.9 Å². The number of anilines is 3. The van der Waals surface area contributed by atoms with Crippen LogP contribution >= 0.6 is 15.9 Å². The van der Waals surface area contributed by atoms with Gasteiger partial charge in [0, 0.05) is 4.47 Å². The number of para-hydroxylation sites is 1. The molecule has 0 spiro atoms. The average molecular weight is 283 g/mol. The number of nitrogen functional groups attached to an aromatic ring is 1. The average Bonchev–Trinajstić information content (AvgIpc) is 2.26. The van der Waals surface area contributed by atoms with Crippen LogP contribution in [-0.2, 0) is 0 Å². The lowest BCUT2D eigenvalue weighted by Crippen LogP contribution is -2.01. The van der Waals surface area contributed by atoms with Gasteiger partial charge in [0.25, 0.3) is 0 Å². The lowest BCUT2D eigenvalue weighted by Gasteiger charge is -2.09. The third-order valence-corrected chi connectivity index (χ3v) is 2.61. The summed E-state index contributed by atoms with van der Waals surface area (Å²) in [6.45, 7) is 0. The minimum Gasteiger partial charge on any atom is -0.394 e. The van der Waals surface area contributed by atoms with Gasteiger partial charge < -0.3 is 11.1 Å². The minimum atomic E-state index is -0.382. The normalized spacial score (nSPS) is 10.1. The Hall–Kier alpha value is -1.69. The van der Waals surface area contributed by atoms with Crippen molar-refractivity contribution in [1.82, 2.24) is 9.97 Å². The van der Waals surface area contributed by atoms with E-state index < -0.39 is 0 Å². The van der Waals surface area contributed by atoms with E-state index in [0.717, 1.165) is 0 Å². The first-order chi connectivity index (χ1) is 7.68. The van der Waals surface area contributed by atoms with Crippen LogP contribution in [-0.4, -0.2) is 9.97 Å². The number of aromatic nitrogens is 2. The Kier molecular flexibility index (Phi) is 3.00. The summed E-state index contributed by atoms with van der Waals surface area (Å²) in [4.78, 5) is 7.67. The van der Waals surface area contributed by atoms with E-state index in [9.17, 15) is 4.39 Å². The van der Waals surface area contributed by atoms with Crippen LogP contribution in [0, 0.1) is 5.82 Å². The number of rotatable bonds is 2. The lowest BCUT2D eigenvalue weighted by atomic mass is 10.3. The predicted molar refractivity (Wildman–Crippen MR) is 63.8 cm³/mol. The summed E-state index contributed by atoms with van der Waals surface area (Å²) < 4.78 is 14.1. The first-order valence-corrected chi connectivity index (χ1v) is 5.24. The van der Waals surface area contributed by atoms with Gasteiger partial charge in [-0.25, -0.2) is 14.4 Å². The molecular formula is C10H8BrFN4. The molecule has 1 aromatic carbocycles. The lowest BCUT2D eigenvalue weighted by molar-refractivity contribution is 0.631. The molecule has 0 aliphatic heterocycles. The molecule has 0 bridgehead atoms. The minimum absolute atomic E-state index is 0.299. The fraction of sp³-hybridized carbons (Fsp3) is 0. The second kappa shape index (κ2) is 4.44. The van der Waals surface area contributed by atoms with Crippen molar-refractivity contribution in [2.75, 3.05) is 11.1 Å². The van der Waals surface area contributed by atoms with E-state index in [1.807, 2.05) is 0 Å². The standard InChI is InChI=1S/C10H8BrFN4/c11-6-2-1-3-7(12)9(6)16-10-8(13)4-14-5-15-10/h1-5H,13H2,(H,14,15,16). The predicted octanol–water partition coefficient (Wildman–Crippen LogP) is 2.70. The second-order valence-electron chi connectivity index (χ2n) is 3.05. The number of nitrogens with zero attached hydrogens (tertiary/aromatic N) is 2. The zero-order valence-electron chi connectivity index (χ0n) is 8.11. The SMILES string of the molecule is Nc1cncnc1Nc1c(F)cccc1Br. The van der Waals surface area contributed by atoms with Gasteiger partial charge in [-0.2, -0.15) is 0 Å². The Balaban J connectivity index is 2.38. The summed E-state index contributed by atoms with van der Waals surface area (Å²) in [5.74, 6) is -0.00631. The highest BCUT2D eigenvalue weighted by molar-refractivity contribution is 9.10. The molecule has 2 aromatic rings. The molecule has 0 aliphatic carbocycles. The molecule has 16 heavy (non-hydrogen) atoms. The summed E-state index contributed by atoms with van der Waals surface area (Å²) in [6, 6.07) is 4.68. The van der Waals surface area contributed by atoms with Gasteiger partial charge in [-0.3, -0.25) is 0 Å². The molecule has 3 N–H and O–H groups in total. The van der Waals surface area contributed by atoms with Gasteiger partial charge in [0.1, 0.15) is 12.1 Å². The van der Waals surface area contributed by atoms with Gasteiger partial charge >= 0.3 is 0 Å². The smallest absolute Gasteiger partial charge is 0.157 e. The van der Waals surface area contributed by atoms with Gasteiger partial charge in [-0.1, -0.05) is 6.07 Å². The molecule has 0 amide bonds. The van der Waals surface area contributed by atoms with Crippen LogP contribution in [0.2, 0.25) is 0 Å². The molecule has 82 valence electrons. The summed E-state index contributed by atoms with van der Waals surface area (Å²) >= 11 is 3.24. The van der Waals surface area contributed by atoms with Gasteiger partial charge in [0.2, 0.25) is 0 Å². The van der Waals surface area contributed by atoms with Crippen molar-refractivity contribution in [2.24, 2.45) is 0 Å². The third-order valence-electron chi connectivity index (χ3n) is 1.95. The molecule has 0 saturated heterocycles.